The summed E-state index contributed by atoms with van der Waals surface area (Å²) >= 11 is 0. The topological polar surface area (TPSA) is 46.5 Å². The molecule has 1 aliphatic heterocycles. The average molecular weight is 405 g/mol. The van der Waals surface area contributed by atoms with Crippen molar-refractivity contribution in [2.24, 2.45) is 0 Å². The minimum atomic E-state index is -0.924. The van der Waals surface area contributed by atoms with E-state index in [-0.39, 0.29) is 16.2 Å². The van der Waals surface area contributed by atoms with Gasteiger partial charge in [-0.15, -0.1) is 0 Å². The molecule has 2 aromatic carbocycles. The van der Waals surface area contributed by atoms with Crippen LogP contribution in [0.5, 0.6) is 5.75 Å². The smallest absolute Gasteiger partial charge is 0.328 e. The van der Waals surface area contributed by atoms with Crippen LogP contribution in [0.3, 0.4) is 0 Å². The van der Waals surface area contributed by atoms with Crippen molar-refractivity contribution in [2.45, 2.75) is 70.6 Å². The minimum absolute atomic E-state index is 0.155. The van der Waals surface area contributed by atoms with Crippen molar-refractivity contribution in [1.82, 2.24) is 0 Å². The maximum Gasteiger partial charge on any atom is 0.328 e. The molecule has 0 bridgehead atoms. The van der Waals surface area contributed by atoms with Crippen LogP contribution in [0.4, 0.5) is 0 Å². The third-order valence-corrected chi connectivity index (χ3v) is 7.38. The van der Waals surface area contributed by atoms with E-state index in [4.69, 9.17) is 9.84 Å². The van der Waals surface area contributed by atoms with Crippen molar-refractivity contribution in [2.75, 3.05) is 6.61 Å². The first kappa shape index (κ1) is 20.7. The van der Waals surface area contributed by atoms with Gasteiger partial charge in [-0.05, 0) is 77.5 Å². The number of fused-ring (bicyclic) bond motifs is 2. The Morgan fingerprint density at radius 1 is 0.933 bits per heavy atom. The van der Waals surface area contributed by atoms with Crippen LogP contribution in [-0.4, -0.2) is 17.7 Å². The lowest BCUT2D eigenvalue weighted by Gasteiger charge is -2.42. The Balaban J connectivity index is 1.83. The quantitative estimate of drug-likeness (QED) is 0.618. The highest BCUT2D eigenvalue weighted by Crippen LogP contribution is 2.49. The molecule has 0 spiro atoms. The summed E-state index contributed by atoms with van der Waals surface area (Å²) in [7, 11) is 0. The van der Waals surface area contributed by atoms with Crippen molar-refractivity contribution in [3.8, 4) is 5.75 Å². The molecule has 3 heteroatoms. The number of carboxylic acid groups (broad SMARTS) is 1. The maximum atomic E-state index is 11.1. The Morgan fingerprint density at radius 3 is 2.27 bits per heavy atom. The standard InChI is InChI=1S/C27H32O3/c1-17(13-24(28)29)18-7-10-23-22(14-18)27(6,16-30-23)19-8-9-20-21(15-19)26(4,5)12-11-25(20,2)3/h7-10,13-15H,11-12,16H2,1-6H3,(H,28,29)/b17-13+. The van der Waals surface area contributed by atoms with Crippen LogP contribution in [0.1, 0.15) is 82.2 Å². The number of hydrogen-bond donors (Lipinski definition) is 1. The number of allylic oxidation sites excluding steroid dienone is 1. The normalized spacial score (nSPS) is 24.0. The largest absolute Gasteiger partial charge is 0.492 e. The summed E-state index contributed by atoms with van der Waals surface area (Å²) in [4.78, 5) is 11.1. The van der Waals surface area contributed by atoms with Crippen molar-refractivity contribution >= 4 is 11.5 Å². The molecule has 4 rings (SSSR count). The Labute approximate surface area is 179 Å². The molecule has 1 heterocycles. The molecule has 1 N–H and O–H groups in total. The van der Waals surface area contributed by atoms with Crippen molar-refractivity contribution in [3.63, 3.8) is 0 Å². The van der Waals surface area contributed by atoms with Gasteiger partial charge < -0.3 is 9.84 Å². The highest BCUT2D eigenvalue weighted by atomic mass is 16.5. The molecule has 0 amide bonds. The van der Waals surface area contributed by atoms with Crippen molar-refractivity contribution < 1.29 is 14.6 Å². The number of carboxylic acids is 1. The van der Waals surface area contributed by atoms with Crippen molar-refractivity contribution in [1.29, 1.82) is 0 Å². The van der Waals surface area contributed by atoms with Crippen LogP contribution >= 0.6 is 0 Å². The molecule has 30 heavy (non-hydrogen) atoms. The summed E-state index contributed by atoms with van der Waals surface area (Å²) in [6.45, 7) is 14.1. The summed E-state index contributed by atoms with van der Waals surface area (Å²) in [6.07, 6.45) is 3.65. The lowest BCUT2D eigenvalue weighted by molar-refractivity contribution is -0.131. The third-order valence-electron chi connectivity index (χ3n) is 7.38. The van der Waals surface area contributed by atoms with Gasteiger partial charge in [-0.2, -0.15) is 0 Å². The van der Waals surface area contributed by atoms with Crippen LogP contribution < -0.4 is 4.74 Å². The van der Waals surface area contributed by atoms with E-state index in [0.717, 1.165) is 22.4 Å². The van der Waals surface area contributed by atoms with Crippen LogP contribution in [0.2, 0.25) is 0 Å². The summed E-state index contributed by atoms with van der Waals surface area (Å²) in [5, 5.41) is 9.12. The highest BCUT2D eigenvalue weighted by Gasteiger charge is 2.42. The number of carbonyl (C=O) groups is 1. The van der Waals surface area contributed by atoms with Crippen LogP contribution in [0.25, 0.3) is 5.57 Å². The maximum absolute atomic E-state index is 11.1. The number of aliphatic carboxylic acids is 1. The predicted molar refractivity (Wildman–Crippen MR) is 121 cm³/mol. The van der Waals surface area contributed by atoms with Gasteiger partial charge in [-0.1, -0.05) is 52.0 Å². The fourth-order valence-corrected chi connectivity index (χ4v) is 5.07. The predicted octanol–water partition coefficient (Wildman–Crippen LogP) is 6.22. The SMILES string of the molecule is C/C(=C\C(=O)O)c1ccc2c(c1)C(C)(c1ccc3c(c1)C(C)(C)CCC3(C)C)CO2. The van der Waals surface area contributed by atoms with Gasteiger partial charge >= 0.3 is 5.97 Å². The van der Waals surface area contributed by atoms with E-state index in [2.05, 4.69) is 58.9 Å². The molecule has 0 aromatic heterocycles. The van der Waals surface area contributed by atoms with E-state index in [9.17, 15) is 4.79 Å². The summed E-state index contributed by atoms with van der Waals surface area (Å²) in [5.41, 5.74) is 7.06. The van der Waals surface area contributed by atoms with Gasteiger partial charge in [-0.3, -0.25) is 0 Å². The molecule has 1 atom stereocenters. The van der Waals surface area contributed by atoms with Gasteiger partial charge in [0.1, 0.15) is 12.4 Å². The molecule has 3 nitrogen and oxygen atoms in total. The molecule has 0 fully saturated rings. The Bertz CT molecular complexity index is 1060. The Morgan fingerprint density at radius 2 is 1.60 bits per heavy atom. The molecule has 0 saturated carbocycles. The minimum Gasteiger partial charge on any atom is -0.492 e. The zero-order valence-corrected chi connectivity index (χ0v) is 18.9. The van der Waals surface area contributed by atoms with E-state index in [1.54, 1.807) is 0 Å². The molecule has 2 aliphatic rings. The first-order valence-corrected chi connectivity index (χ1v) is 10.8. The summed E-state index contributed by atoms with van der Waals surface area (Å²) in [6, 6.07) is 13.0. The molecule has 2 aromatic rings. The average Bonchev–Trinajstić information content (AvgIpc) is 3.02. The molecule has 1 unspecified atom stereocenters. The lowest BCUT2D eigenvalue weighted by Crippen LogP contribution is -2.35. The second kappa shape index (κ2) is 6.73. The number of hydrogen-bond acceptors (Lipinski definition) is 2. The second-order valence-electron chi connectivity index (χ2n) is 10.5. The van der Waals surface area contributed by atoms with E-state index in [1.807, 2.05) is 19.1 Å². The first-order chi connectivity index (χ1) is 13.9. The number of ether oxygens (including phenoxy) is 1. The van der Waals surface area contributed by atoms with Crippen molar-refractivity contribution in [3.05, 3.63) is 70.3 Å². The van der Waals surface area contributed by atoms with Gasteiger partial charge in [0.05, 0.1) is 5.41 Å². The van der Waals surface area contributed by atoms with E-state index in [1.165, 1.54) is 35.6 Å². The van der Waals surface area contributed by atoms with Gasteiger partial charge in [0.25, 0.3) is 0 Å². The summed E-state index contributed by atoms with van der Waals surface area (Å²) in [5.74, 6) is -0.0340. The molecule has 0 saturated heterocycles. The Hall–Kier alpha value is -2.55. The van der Waals surface area contributed by atoms with Gasteiger partial charge in [-0.25, -0.2) is 4.79 Å². The zero-order chi connectivity index (χ0) is 21.9. The lowest BCUT2D eigenvalue weighted by atomic mass is 9.62. The third kappa shape index (κ3) is 3.25. The van der Waals surface area contributed by atoms with Crippen LogP contribution in [-0.2, 0) is 21.0 Å². The van der Waals surface area contributed by atoms with Gasteiger partial charge in [0, 0.05) is 11.6 Å². The number of rotatable bonds is 3. The van der Waals surface area contributed by atoms with Gasteiger partial charge in [0.15, 0.2) is 0 Å². The second-order valence-corrected chi connectivity index (χ2v) is 10.5. The molecular formula is C27H32O3. The van der Waals surface area contributed by atoms with Crippen LogP contribution in [0.15, 0.2) is 42.5 Å². The van der Waals surface area contributed by atoms with Crippen LogP contribution in [0, 0.1) is 0 Å². The fraction of sp³-hybridized carbons (Fsp3) is 0.444. The highest BCUT2D eigenvalue weighted by molar-refractivity contribution is 5.89. The number of benzene rings is 2. The first-order valence-electron chi connectivity index (χ1n) is 10.8. The molecule has 0 radical (unpaired) electrons. The molecule has 1 aliphatic carbocycles. The van der Waals surface area contributed by atoms with E-state index in [0.29, 0.717) is 6.61 Å². The van der Waals surface area contributed by atoms with Gasteiger partial charge in [0.2, 0.25) is 0 Å². The monoisotopic (exact) mass is 404 g/mol. The summed E-state index contributed by atoms with van der Waals surface area (Å²) < 4.78 is 6.09. The zero-order valence-electron chi connectivity index (χ0n) is 18.9. The molecular weight excluding hydrogens is 372 g/mol. The van der Waals surface area contributed by atoms with E-state index < -0.39 is 5.97 Å². The molecule has 158 valence electrons. The Kier molecular flexibility index (Phi) is 4.65. The van der Waals surface area contributed by atoms with E-state index >= 15 is 0 Å². The fourth-order valence-electron chi connectivity index (χ4n) is 5.07.